The molecule has 36 heavy (non-hydrogen) atoms. The van der Waals surface area contributed by atoms with Crippen molar-refractivity contribution in [3.63, 3.8) is 0 Å². The zero-order valence-electron chi connectivity index (χ0n) is 19.9. The highest BCUT2D eigenvalue weighted by Crippen LogP contribution is 2.27. The fraction of sp³-hybridized carbons (Fsp3) is 0.259. The predicted octanol–water partition coefficient (Wildman–Crippen LogP) is 4.39. The number of aryl methyl sites for hydroxylation is 1. The third-order valence-corrected chi connectivity index (χ3v) is 6.68. The molecule has 0 amide bonds. The number of carboxylic acids is 1. The number of carboxylic acid groups (broad SMARTS) is 1. The fourth-order valence-corrected chi connectivity index (χ4v) is 4.74. The Kier molecular flexibility index (Phi) is 7.47. The molecule has 1 N–H and O–H groups in total. The molecule has 0 saturated carbocycles. The number of hydrogen-bond acceptors (Lipinski definition) is 4. The molecule has 5 rings (SSSR count). The van der Waals surface area contributed by atoms with Crippen LogP contribution in [0.15, 0.2) is 71.9 Å². The van der Waals surface area contributed by atoms with Crippen LogP contribution in [0.5, 0.6) is 0 Å². The van der Waals surface area contributed by atoms with Gasteiger partial charge >= 0.3 is 5.97 Å². The van der Waals surface area contributed by atoms with Crippen molar-refractivity contribution in [2.45, 2.75) is 20.0 Å². The van der Waals surface area contributed by atoms with Crippen molar-refractivity contribution >= 4 is 35.0 Å². The van der Waals surface area contributed by atoms with Gasteiger partial charge in [0, 0.05) is 68.9 Å². The van der Waals surface area contributed by atoms with Gasteiger partial charge in [-0.15, -0.1) is 12.4 Å². The summed E-state index contributed by atoms with van der Waals surface area (Å²) in [7, 11) is 0. The Hall–Kier alpha value is -3.62. The van der Waals surface area contributed by atoms with Crippen LogP contribution in [-0.4, -0.2) is 51.3 Å². The summed E-state index contributed by atoms with van der Waals surface area (Å²) in [5.74, 6) is -1.81. The van der Waals surface area contributed by atoms with Crippen LogP contribution in [0.3, 0.4) is 0 Å². The summed E-state index contributed by atoms with van der Waals surface area (Å²) in [6.45, 7) is 6.06. The van der Waals surface area contributed by atoms with Gasteiger partial charge in [0.25, 0.3) is 0 Å². The third kappa shape index (κ3) is 4.87. The van der Waals surface area contributed by atoms with Gasteiger partial charge in [-0.05, 0) is 48.9 Å². The Morgan fingerprint density at radius 1 is 1.03 bits per heavy atom. The molecule has 0 atom stereocenters. The number of anilines is 1. The van der Waals surface area contributed by atoms with Gasteiger partial charge in [-0.3, -0.25) is 9.69 Å². The van der Waals surface area contributed by atoms with Gasteiger partial charge in [0.2, 0.25) is 5.43 Å². The van der Waals surface area contributed by atoms with E-state index in [2.05, 4.69) is 33.7 Å². The number of benzene rings is 2. The third-order valence-electron chi connectivity index (χ3n) is 6.68. The number of pyridine rings is 1. The fourth-order valence-electron chi connectivity index (χ4n) is 4.74. The second-order valence-corrected chi connectivity index (χ2v) is 8.80. The lowest BCUT2D eigenvalue weighted by Crippen LogP contribution is -2.46. The standard InChI is InChI=1S/C27H27FN4O3.ClH/c1-2-30-18-22(27(34)35)26(33)21-15-23(28)25(16-24(21)30)32-13-11-29(12-14-32)17-19-5-7-20(8-6-19)31-9-3-4-10-31;/h3-10,15-16,18H,2,11-14,17H2,1H3,(H,34,35);1H. The minimum atomic E-state index is -1.31. The average molecular weight is 511 g/mol. The van der Waals surface area contributed by atoms with Crippen LogP contribution in [0.1, 0.15) is 22.8 Å². The molecule has 1 saturated heterocycles. The molecule has 0 spiro atoms. The minimum Gasteiger partial charge on any atom is -0.477 e. The summed E-state index contributed by atoms with van der Waals surface area (Å²) in [6, 6.07) is 15.4. The molecule has 0 radical (unpaired) electrons. The lowest BCUT2D eigenvalue weighted by atomic mass is 10.1. The highest BCUT2D eigenvalue weighted by molar-refractivity contribution is 5.93. The van der Waals surface area contributed by atoms with E-state index in [1.54, 1.807) is 10.6 Å². The normalized spacial score (nSPS) is 14.1. The number of carbonyl (C=O) groups is 1. The molecular weight excluding hydrogens is 483 g/mol. The number of aromatic carboxylic acids is 1. The molecule has 4 aromatic rings. The maximum Gasteiger partial charge on any atom is 0.341 e. The Morgan fingerprint density at radius 2 is 1.69 bits per heavy atom. The van der Waals surface area contributed by atoms with E-state index in [1.165, 1.54) is 17.8 Å². The smallest absolute Gasteiger partial charge is 0.341 e. The highest BCUT2D eigenvalue weighted by Gasteiger charge is 2.22. The van der Waals surface area contributed by atoms with Crippen LogP contribution in [-0.2, 0) is 13.1 Å². The van der Waals surface area contributed by atoms with Crippen molar-refractivity contribution in [2.75, 3.05) is 31.1 Å². The Labute approximate surface area is 214 Å². The van der Waals surface area contributed by atoms with E-state index >= 15 is 4.39 Å². The number of halogens is 2. The van der Waals surface area contributed by atoms with E-state index in [1.807, 2.05) is 36.4 Å². The molecule has 0 bridgehead atoms. The monoisotopic (exact) mass is 510 g/mol. The topological polar surface area (TPSA) is 70.7 Å². The zero-order chi connectivity index (χ0) is 24.5. The van der Waals surface area contributed by atoms with Crippen molar-refractivity contribution in [2.24, 2.45) is 0 Å². The maximum atomic E-state index is 15.1. The summed E-state index contributed by atoms with van der Waals surface area (Å²) in [5, 5.41) is 9.43. The summed E-state index contributed by atoms with van der Waals surface area (Å²) >= 11 is 0. The molecule has 7 nitrogen and oxygen atoms in total. The molecule has 1 aliphatic heterocycles. The van der Waals surface area contributed by atoms with E-state index in [0.29, 0.717) is 30.8 Å². The molecule has 2 aromatic carbocycles. The first-order valence-electron chi connectivity index (χ1n) is 11.7. The van der Waals surface area contributed by atoms with Crippen LogP contribution in [0.25, 0.3) is 16.6 Å². The Morgan fingerprint density at radius 3 is 2.31 bits per heavy atom. The highest BCUT2D eigenvalue weighted by atomic mass is 35.5. The molecular formula is C27H28ClFN4O3. The van der Waals surface area contributed by atoms with Crippen molar-refractivity contribution < 1.29 is 14.3 Å². The SMILES string of the molecule is CCn1cc(C(=O)O)c(=O)c2cc(F)c(N3CCN(Cc4ccc(-n5cccc5)cc4)CC3)cc21.Cl. The number of piperazine rings is 1. The molecule has 1 fully saturated rings. The van der Waals surface area contributed by atoms with Crippen LogP contribution in [0, 0.1) is 5.82 Å². The van der Waals surface area contributed by atoms with E-state index in [4.69, 9.17) is 0 Å². The van der Waals surface area contributed by atoms with E-state index < -0.39 is 17.2 Å². The van der Waals surface area contributed by atoms with Crippen LogP contribution >= 0.6 is 12.4 Å². The first-order valence-corrected chi connectivity index (χ1v) is 11.7. The van der Waals surface area contributed by atoms with E-state index in [-0.39, 0.29) is 23.4 Å². The van der Waals surface area contributed by atoms with Gasteiger partial charge in [0.1, 0.15) is 11.4 Å². The number of nitrogens with zero attached hydrogens (tertiary/aromatic N) is 4. The van der Waals surface area contributed by atoms with Crippen LogP contribution < -0.4 is 10.3 Å². The summed E-state index contributed by atoms with van der Waals surface area (Å²) in [6.07, 6.45) is 5.38. The Bertz CT molecular complexity index is 1430. The molecule has 188 valence electrons. The van der Waals surface area contributed by atoms with Gasteiger partial charge in [-0.25, -0.2) is 9.18 Å². The first kappa shape index (κ1) is 25.5. The van der Waals surface area contributed by atoms with Gasteiger partial charge < -0.3 is 19.1 Å². The van der Waals surface area contributed by atoms with E-state index in [9.17, 15) is 14.7 Å². The number of fused-ring (bicyclic) bond motifs is 1. The lowest BCUT2D eigenvalue weighted by molar-refractivity contribution is 0.0695. The van der Waals surface area contributed by atoms with Gasteiger partial charge in [-0.2, -0.15) is 0 Å². The average Bonchev–Trinajstić information content (AvgIpc) is 3.40. The van der Waals surface area contributed by atoms with Crippen molar-refractivity contribution in [1.82, 2.24) is 14.0 Å². The minimum absolute atomic E-state index is 0. The molecule has 2 aromatic heterocycles. The summed E-state index contributed by atoms with van der Waals surface area (Å²) in [4.78, 5) is 28.4. The quantitative estimate of drug-likeness (QED) is 0.416. The van der Waals surface area contributed by atoms with E-state index in [0.717, 1.165) is 25.3 Å². The Balaban J connectivity index is 0.00000304. The molecule has 0 unspecified atom stereocenters. The second kappa shape index (κ2) is 10.6. The van der Waals surface area contributed by atoms with Crippen molar-refractivity contribution in [1.29, 1.82) is 0 Å². The van der Waals surface area contributed by atoms with Gasteiger partial charge in [0.15, 0.2) is 0 Å². The van der Waals surface area contributed by atoms with Gasteiger partial charge in [-0.1, -0.05) is 12.1 Å². The largest absolute Gasteiger partial charge is 0.477 e. The van der Waals surface area contributed by atoms with Crippen LogP contribution in [0.2, 0.25) is 0 Å². The molecule has 1 aliphatic rings. The summed E-state index contributed by atoms with van der Waals surface area (Å²) in [5.41, 5.74) is 2.34. The van der Waals surface area contributed by atoms with Crippen molar-refractivity contribution in [3.8, 4) is 5.69 Å². The van der Waals surface area contributed by atoms with Crippen molar-refractivity contribution in [3.05, 3.63) is 94.3 Å². The van der Waals surface area contributed by atoms with Gasteiger partial charge in [0.05, 0.1) is 11.2 Å². The summed E-state index contributed by atoms with van der Waals surface area (Å²) < 4.78 is 18.9. The number of hydrogen-bond donors (Lipinski definition) is 1. The molecule has 0 aliphatic carbocycles. The van der Waals surface area contributed by atoms with Crippen LogP contribution in [0.4, 0.5) is 10.1 Å². The molecule has 9 heteroatoms. The second-order valence-electron chi connectivity index (χ2n) is 8.80. The number of aromatic nitrogens is 2. The first-order chi connectivity index (χ1) is 16.9. The zero-order valence-corrected chi connectivity index (χ0v) is 20.7. The molecule has 3 heterocycles. The number of rotatable bonds is 6. The maximum absolute atomic E-state index is 15.1. The predicted molar refractivity (Wildman–Crippen MR) is 141 cm³/mol. The lowest BCUT2D eigenvalue weighted by Gasteiger charge is -2.36.